The fourth-order valence-corrected chi connectivity index (χ4v) is 3.72. The SMILES string of the molecule is Cc1ccc2ncc(CNC3CC(N(CC(=O)O)CC4CC4)C3)n2c1. The van der Waals surface area contributed by atoms with Crippen molar-refractivity contribution in [2.45, 2.75) is 51.2 Å². The number of carboxylic acid groups (broad SMARTS) is 1. The lowest BCUT2D eigenvalue weighted by Gasteiger charge is -2.43. The van der Waals surface area contributed by atoms with Gasteiger partial charge in [0.05, 0.1) is 18.4 Å². The maximum atomic E-state index is 11.1. The van der Waals surface area contributed by atoms with Gasteiger partial charge in [0.25, 0.3) is 0 Å². The summed E-state index contributed by atoms with van der Waals surface area (Å²) in [7, 11) is 0. The Kier molecular flexibility index (Phi) is 4.48. The highest BCUT2D eigenvalue weighted by molar-refractivity contribution is 5.69. The summed E-state index contributed by atoms with van der Waals surface area (Å²) in [4.78, 5) is 17.7. The van der Waals surface area contributed by atoms with E-state index in [1.165, 1.54) is 24.1 Å². The molecule has 0 unspecified atom stereocenters. The number of aromatic nitrogens is 2. The molecule has 2 saturated carbocycles. The Morgan fingerprint density at radius 2 is 2.20 bits per heavy atom. The third-order valence-corrected chi connectivity index (χ3v) is 5.46. The van der Waals surface area contributed by atoms with Crippen LogP contribution in [-0.4, -0.2) is 50.5 Å². The summed E-state index contributed by atoms with van der Waals surface area (Å²) in [6.07, 6.45) is 8.65. The van der Waals surface area contributed by atoms with Crippen molar-refractivity contribution in [3.63, 3.8) is 0 Å². The fourth-order valence-electron chi connectivity index (χ4n) is 3.72. The van der Waals surface area contributed by atoms with E-state index in [9.17, 15) is 4.79 Å². The van der Waals surface area contributed by atoms with Crippen molar-refractivity contribution in [2.24, 2.45) is 5.92 Å². The Morgan fingerprint density at radius 3 is 2.92 bits per heavy atom. The van der Waals surface area contributed by atoms with Crippen LogP contribution < -0.4 is 5.32 Å². The van der Waals surface area contributed by atoms with E-state index in [1.54, 1.807) is 0 Å². The monoisotopic (exact) mass is 342 g/mol. The van der Waals surface area contributed by atoms with Gasteiger partial charge in [-0.2, -0.15) is 0 Å². The first-order valence-electron chi connectivity index (χ1n) is 9.20. The van der Waals surface area contributed by atoms with Crippen molar-refractivity contribution >= 4 is 11.6 Å². The summed E-state index contributed by atoms with van der Waals surface area (Å²) in [5, 5.41) is 12.7. The lowest BCUT2D eigenvalue weighted by Crippen LogP contribution is -2.54. The van der Waals surface area contributed by atoms with E-state index >= 15 is 0 Å². The molecule has 6 heteroatoms. The second kappa shape index (κ2) is 6.77. The van der Waals surface area contributed by atoms with Crippen molar-refractivity contribution in [1.29, 1.82) is 0 Å². The molecule has 6 nitrogen and oxygen atoms in total. The Labute approximate surface area is 147 Å². The van der Waals surface area contributed by atoms with Crippen LogP contribution in [0.3, 0.4) is 0 Å². The average molecular weight is 342 g/mol. The van der Waals surface area contributed by atoms with E-state index in [0.29, 0.717) is 12.1 Å². The van der Waals surface area contributed by atoms with Crippen LogP contribution in [0.4, 0.5) is 0 Å². The van der Waals surface area contributed by atoms with Gasteiger partial charge in [0.1, 0.15) is 5.65 Å². The number of imidazole rings is 1. The zero-order chi connectivity index (χ0) is 17.4. The molecule has 2 fully saturated rings. The minimum Gasteiger partial charge on any atom is -0.480 e. The summed E-state index contributed by atoms with van der Waals surface area (Å²) < 4.78 is 2.14. The fraction of sp³-hybridized carbons (Fsp3) is 0.579. The number of nitrogens with zero attached hydrogens (tertiary/aromatic N) is 3. The number of hydrogen-bond donors (Lipinski definition) is 2. The highest BCUT2D eigenvalue weighted by atomic mass is 16.4. The minimum atomic E-state index is -0.710. The Morgan fingerprint density at radius 1 is 1.40 bits per heavy atom. The lowest BCUT2D eigenvalue weighted by atomic mass is 9.85. The third-order valence-electron chi connectivity index (χ3n) is 5.46. The first-order chi connectivity index (χ1) is 12.1. The highest BCUT2D eigenvalue weighted by Crippen LogP contribution is 2.33. The lowest BCUT2D eigenvalue weighted by molar-refractivity contribution is -0.139. The smallest absolute Gasteiger partial charge is 0.317 e. The summed E-state index contributed by atoms with van der Waals surface area (Å²) >= 11 is 0. The van der Waals surface area contributed by atoms with Crippen LogP contribution in [0.2, 0.25) is 0 Å². The van der Waals surface area contributed by atoms with E-state index in [4.69, 9.17) is 5.11 Å². The number of aliphatic carboxylic acids is 1. The van der Waals surface area contributed by atoms with E-state index in [2.05, 4.69) is 38.8 Å². The van der Waals surface area contributed by atoms with Gasteiger partial charge in [0, 0.05) is 31.4 Å². The molecule has 4 rings (SSSR count). The second-order valence-electron chi connectivity index (χ2n) is 7.65. The third kappa shape index (κ3) is 3.85. The molecule has 134 valence electrons. The number of carboxylic acids is 1. The van der Waals surface area contributed by atoms with Crippen LogP contribution in [0.15, 0.2) is 24.5 Å². The minimum absolute atomic E-state index is 0.181. The molecule has 2 aliphatic carbocycles. The van der Waals surface area contributed by atoms with Crippen molar-refractivity contribution < 1.29 is 9.90 Å². The van der Waals surface area contributed by atoms with Gasteiger partial charge in [-0.3, -0.25) is 9.69 Å². The van der Waals surface area contributed by atoms with Gasteiger partial charge in [0.15, 0.2) is 0 Å². The largest absolute Gasteiger partial charge is 0.480 e. The van der Waals surface area contributed by atoms with Crippen LogP contribution in [-0.2, 0) is 11.3 Å². The summed E-state index contributed by atoms with van der Waals surface area (Å²) in [5.74, 6) is 0.0194. The van der Waals surface area contributed by atoms with Crippen molar-refractivity contribution in [3.05, 3.63) is 35.8 Å². The van der Waals surface area contributed by atoms with Crippen molar-refractivity contribution in [2.75, 3.05) is 13.1 Å². The standard InChI is InChI=1S/C19H26N4O2/c1-13-2-5-18-21-9-17(23(18)10-13)8-20-15-6-16(7-15)22(12-19(24)25)11-14-3-4-14/h2,5,9-10,14-16,20H,3-4,6-8,11-12H2,1H3,(H,24,25). The highest BCUT2D eigenvalue weighted by Gasteiger charge is 2.36. The molecular formula is C19H26N4O2. The molecule has 0 saturated heterocycles. The molecule has 0 bridgehead atoms. The molecule has 25 heavy (non-hydrogen) atoms. The molecule has 0 spiro atoms. The van der Waals surface area contributed by atoms with Gasteiger partial charge in [-0.25, -0.2) is 4.98 Å². The first kappa shape index (κ1) is 16.5. The van der Waals surface area contributed by atoms with Gasteiger partial charge in [0.2, 0.25) is 0 Å². The van der Waals surface area contributed by atoms with Gasteiger partial charge in [-0.15, -0.1) is 0 Å². The van der Waals surface area contributed by atoms with E-state index in [1.807, 2.05) is 12.3 Å². The first-order valence-corrected chi connectivity index (χ1v) is 9.20. The van der Waals surface area contributed by atoms with E-state index < -0.39 is 5.97 Å². The van der Waals surface area contributed by atoms with Crippen LogP contribution >= 0.6 is 0 Å². The molecule has 2 aromatic heterocycles. The molecule has 2 N–H and O–H groups in total. The molecule has 0 atom stereocenters. The van der Waals surface area contributed by atoms with Gasteiger partial charge < -0.3 is 14.8 Å². The van der Waals surface area contributed by atoms with Crippen LogP contribution in [0.25, 0.3) is 5.65 Å². The van der Waals surface area contributed by atoms with Crippen LogP contribution in [0.1, 0.15) is 36.9 Å². The number of carbonyl (C=O) groups is 1. The zero-order valence-electron chi connectivity index (χ0n) is 14.7. The van der Waals surface area contributed by atoms with Gasteiger partial charge >= 0.3 is 5.97 Å². The molecule has 2 heterocycles. The molecule has 2 aromatic rings. The van der Waals surface area contributed by atoms with E-state index in [-0.39, 0.29) is 6.54 Å². The van der Waals surface area contributed by atoms with Gasteiger partial charge in [-0.1, -0.05) is 6.07 Å². The summed E-state index contributed by atoms with van der Waals surface area (Å²) in [6.45, 7) is 4.02. The predicted octanol–water partition coefficient (Wildman–Crippen LogP) is 2.06. The molecule has 0 aliphatic heterocycles. The molecule has 0 aromatic carbocycles. The number of pyridine rings is 1. The maximum absolute atomic E-state index is 11.1. The number of nitrogens with one attached hydrogen (secondary N) is 1. The summed E-state index contributed by atoms with van der Waals surface area (Å²) in [6, 6.07) is 5.00. The van der Waals surface area contributed by atoms with E-state index in [0.717, 1.165) is 37.5 Å². The number of fused-ring (bicyclic) bond motifs is 1. The molecular weight excluding hydrogens is 316 g/mol. The zero-order valence-corrected chi connectivity index (χ0v) is 14.7. The Balaban J connectivity index is 1.30. The number of aryl methyl sites for hydroxylation is 1. The number of rotatable bonds is 8. The summed E-state index contributed by atoms with van der Waals surface area (Å²) in [5.41, 5.74) is 3.37. The normalized spacial score (nSPS) is 23.1. The Hall–Kier alpha value is -1.92. The van der Waals surface area contributed by atoms with Gasteiger partial charge in [-0.05, 0) is 50.2 Å². The maximum Gasteiger partial charge on any atom is 0.317 e. The Bertz CT molecular complexity index is 762. The molecule has 0 amide bonds. The second-order valence-corrected chi connectivity index (χ2v) is 7.65. The van der Waals surface area contributed by atoms with Crippen molar-refractivity contribution in [1.82, 2.24) is 19.6 Å². The quantitative estimate of drug-likeness (QED) is 0.768. The number of hydrogen-bond acceptors (Lipinski definition) is 4. The molecule has 0 radical (unpaired) electrons. The average Bonchev–Trinajstić information content (AvgIpc) is 3.24. The van der Waals surface area contributed by atoms with Crippen molar-refractivity contribution in [3.8, 4) is 0 Å². The van der Waals surface area contributed by atoms with Crippen LogP contribution in [0, 0.1) is 12.8 Å². The van der Waals surface area contributed by atoms with Crippen LogP contribution in [0.5, 0.6) is 0 Å². The topological polar surface area (TPSA) is 69.9 Å². The molecule has 2 aliphatic rings. The predicted molar refractivity (Wildman–Crippen MR) is 95.5 cm³/mol.